The molecule has 3 heteroatoms. The van der Waals surface area contributed by atoms with E-state index >= 15 is 0 Å². The first-order chi connectivity index (χ1) is 3.80. The molecule has 1 aromatic rings. The van der Waals surface area contributed by atoms with Gasteiger partial charge in [-0.25, -0.2) is 4.98 Å². The van der Waals surface area contributed by atoms with Crippen molar-refractivity contribution < 1.29 is 6.17 Å². The minimum Gasteiger partial charge on any atom is -0.342 e. The molecule has 0 aliphatic carbocycles. The van der Waals surface area contributed by atoms with Gasteiger partial charge in [0.1, 0.15) is 1.37 Å². The second-order valence-corrected chi connectivity index (χ2v) is 1.07. The number of carbonyl (C=O) groups is 1. The number of hydrogen-bond donors (Lipinski definition) is 1. The monoisotopic (exact) mass is 97.0 g/mol. The molecule has 1 heterocycles. The molecule has 0 saturated heterocycles. The first-order valence-corrected chi connectivity index (χ1v) is 1.80. The van der Waals surface area contributed by atoms with Crippen molar-refractivity contribution in [1.29, 1.82) is 0 Å². The van der Waals surface area contributed by atoms with Gasteiger partial charge in [0.15, 0.2) is 6.26 Å². The van der Waals surface area contributed by atoms with Crippen LogP contribution in [-0.4, -0.2) is 16.2 Å². The summed E-state index contributed by atoms with van der Waals surface area (Å²) in [7, 11) is 0. The molecule has 36 valence electrons. The van der Waals surface area contributed by atoms with Crippen molar-refractivity contribution in [3.63, 3.8) is 0 Å². The predicted octanol–water partition coefficient (Wildman–Crippen LogP) is 0.222. The van der Waals surface area contributed by atoms with Crippen LogP contribution in [0.3, 0.4) is 0 Å². The fourth-order valence-corrected chi connectivity index (χ4v) is 0.312. The molecule has 0 unspecified atom stereocenters. The van der Waals surface area contributed by atoms with E-state index in [9.17, 15) is 4.79 Å². The van der Waals surface area contributed by atoms with Crippen LogP contribution in [0.25, 0.3) is 0 Å². The molecule has 1 N–H and O–H groups in total. The maximum atomic E-state index is 10.1. The Kier molecular flexibility index (Phi) is 0.656. The molecule has 1 rings (SSSR count). The SMILES string of the molecule is [2H]C(=O)c1cnc[nH]1. The topological polar surface area (TPSA) is 45.8 Å². The number of carbonyl (C=O) groups excluding carboxylic acids is 1. The Bertz CT molecular complexity index is 182. The highest BCUT2D eigenvalue weighted by molar-refractivity contribution is 5.70. The normalized spacial score (nSPS) is 10.6. The lowest BCUT2D eigenvalue weighted by Gasteiger charge is -1.67. The third kappa shape index (κ3) is 0.652. The number of nitrogens with one attached hydrogen (secondary N) is 1. The number of hydrogen-bond acceptors (Lipinski definition) is 2. The van der Waals surface area contributed by atoms with E-state index in [1.54, 1.807) is 0 Å². The Labute approximate surface area is 41.8 Å². The quantitative estimate of drug-likeness (QED) is 0.509. The lowest BCUT2D eigenvalue weighted by molar-refractivity contribution is 0.111. The minimum atomic E-state index is -0.734. The summed E-state index contributed by atoms with van der Waals surface area (Å²) in [4.78, 5) is 16.1. The smallest absolute Gasteiger partial charge is 0.167 e. The van der Waals surface area contributed by atoms with Crippen molar-refractivity contribution in [2.24, 2.45) is 0 Å². The van der Waals surface area contributed by atoms with Gasteiger partial charge in [0, 0.05) is 0 Å². The second-order valence-electron chi connectivity index (χ2n) is 1.07. The highest BCUT2D eigenvalue weighted by atomic mass is 16.1. The van der Waals surface area contributed by atoms with Gasteiger partial charge in [-0.2, -0.15) is 0 Å². The number of rotatable bonds is 1. The van der Waals surface area contributed by atoms with E-state index in [1.807, 2.05) is 0 Å². The molecule has 0 aromatic carbocycles. The van der Waals surface area contributed by atoms with Gasteiger partial charge in [-0.1, -0.05) is 0 Å². The highest BCUT2D eigenvalue weighted by Crippen LogP contribution is 1.80. The summed E-state index contributed by atoms with van der Waals surface area (Å²) in [6, 6.07) is 0. The van der Waals surface area contributed by atoms with Crippen LogP contribution in [0.1, 0.15) is 11.9 Å². The Balaban J connectivity index is 2.93. The van der Waals surface area contributed by atoms with Gasteiger partial charge in [0.05, 0.1) is 18.2 Å². The summed E-state index contributed by atoms with van der Waals surface area (Å²) in [5.41, 5.74) is 0.227. The average molecular weight is 97.1 g/mol. The van der Waals surface area contributed by atoms with Crippen LogP contribution in [-0.2, 0) is 0 Å². The largest absolute Gasteiger partial charge is 0.342 e. The third-order valence-corrected chi connectivity index (χ3v) is 0.608. The molecule has 1 aromatic heterocycles. The number of aromatic nitrogens is 2. The molecule has 0 aliphatic rings. The average Bonchev–Trinajstić information content (AvgIpc) is 2.12. The summed E-state index contributed by atoms with van der Waals surface area (Å²) in [6.45, 7) is 0. The van der Waals surface area contributed by atoms with Crippen molar-refractivity contribution >= 4 is 6.26 Å². The number of nitrogens with zero attached hydrogens (tertiary/aromatic N) is 1. The van der Waals surface area contributed by atoms with Crippen LogP contribution in [0.15, 0.2) is 12.5 Å². The number of H-pyrrole nitrogens is 1. The Morgan fingerprint density at radius 2 is 3.00 bits per heavy atom. The molecular formula is C4H4N2O. The minimum absolute atomic E-state index is 0.227. The number of imidazole rings is 1. The van der Waals surface area contributed by atoms with Crippen LogP contribution in [0.5, 0.6) is 0 Å². The first kappa shape index (κ1) is 2.96. The molecule has 0 fully saturated rings. The number of aldehydes is 1. The molecular weight excluding hydrogens is 92.1 g/mol. The van der Waals surface area contributed by atoms with Gasteiger partial charge in [-0.3, -0.25) is 4.79 Å². The molecule has 0 amide bonds. The molecule has 0 spiro atoms. The molecule has 0 saturated carbocycles. The molecule has 0 radical (unpaired) electrons. The van der Waals surface area contributed by atoms with E-state index in [0.717, 1.165) is 0 Å². The predicted molar refractivity (Wildman–Crippen MR) is 24.0 cm³/mol. The summed E-state index contributed by atoms with van der Waals surface area (Å²) >= 11 is 0. The number of aromatic amines is 1. The van der Waals surface area contributed by atoms with Gasteiger partial charge >= 0.3 is 0 Å². The van der Waals surface area contributed by atoms with Crippen molar-refractivity contribution in [1.82, 2.24) is 9.97 Å². The molecule has 0 bridgehead atoms. The van der Waals surface area contributed by atoms with Crippen molar-refractivity contribution in [2.45, 2.75) is 0 Å². The maximum Gasteiger partial charge on any atom is 0.167 e. The Morgan fingerprint density at radius 1 is 2.14 bits per heavy atom. The van der Waals surface area contributed by atoms with Gasteiger partial charge in [-0.05, 0) is 0 Å². The van der Waals surface area contributed by atoms with E-state index in [1.165, 1.54) is 12.5 Å². The van der Waals surface area contributed by atoms with Crippen LogP contribution < -0.4 is 0 Å². The first-order valence-electron chi connectivity index (χ1n) is 2.30. The van der Waals surface area contributed by atoms with Gasteiger partial charge < -0.3 is 4.98 Å². The van der Waals surface area contributed by atoms with Crippen molar-refractivity contribution in [3.05, 3.63) is 18.2 Å². The fourth-order valence-electron chi connectivity index (χ4n) is 0.312. The van der Waals surface area contributed by atoms with E-state index in [-0.39, 0.29) is 5.69 Å². The zero-order chi connectivity index (χ0) is 5.98. The van der Waals surface area contributed by atoms with Crippen LogP contribution in [0.4, 0.5) is 0 Å². The van der Waals surface area contributed by atoms with E-state index in [2.05, 4.69) is 9.97 Å². The van der Waals surface area contributed by atoms with Gasteiger partial charge in [-0.15, -0.1) is 0 Å². The molecule has 0 atom stereocenters. The van der Waals surface area contributed by atoms with Gasteiger partial charge in [0.25, 0.3) is 0 Å². The van der Waals surface area contributed by atoms with Crippen molar-refractivity contribution in [2.75, 3.05) is 0 Å². The zero-order valence-corrected chi connectivity index (χ0v) is 3.51. The Morgan fingerprint density at radius 3 is 3.29 bits per heavy atom. The molecule has 7 heavy (non-hydrogen) atoms. The fraction of sp³-hybridized carbons (Fsp3) is 0. The lowest BCUT2D eigenvalue weighted by Crippen LogP contribution is -1.72. The third-order valence-electron chi connectivity index (χ3n) is 0.608. The van der Waals surface area contributed by atoms with Crippen molar-refractivity contribution in [3.8, 4) is 0 Å². The summed E-state index contributed by atoms with van der Waals surface area (Å²) in [6.07, 6.45) is 1.94. The maximum absolute atomic E-state index is 10.1. The highest BCUT2D eigenvalue weighted by Gasteiger charge is 1.82. The van der Waals surface area contributed by atoms with Crippen LogP contribution >= 0.6 is 0 Å². The van der Waals surface area contributed by atoms with E-state index in [4.69, 9.17) is 1.37 Å². The van der Waals surface area contributed by atoms with Crippen LogP contribution in [0, 0.1) is 0 Å². The zero-order valence-electron chi connectivity index (χ0n) is 4.51. The van der Waals surface area contributed by atoms with E-state index in [0.29, 0.717) is 0 Å². The summed E-state index contributed by atoms with van der Waals surface area (Å²) in [5.74, 6) is 0. The Hall–Kier alpha value is -1.12. The second kappa shape index (κ2) is 1.55. The lowest BCUT2D eigenvalue weighted by atomic mass is 10.6. The molecule has 3 nitrogen and oxygen atoms in total. The standard InChI is InChI=1S/C4H4N2O/c7-2-4-1-5-3-6-4/h1-3H,(H,5,6)/i2D. The van der Waals surface area contributed by atoms with Gasteiger partial charge in [0.2, 0.25) is 0 Å². The summed E-state index contributed by atoms with van der Waals surface area (Å²) in [5, 5.41) is 0. The molecule has 0 aliphatic heterocycles. The van der Waals surface area contributed by atoms with Crippen LogP contribution in [0.2, 0.25) is 0 Å². The van der Waals surface area contributed by atoms with E-state index < -0.39 is 6.26 Å². The summed E-state index contributed by atoms with van der Waals surface area (Å²) < 4.78 is 6.53.